The number of halogens is 2. The number of hydrogen-bond acceptors (Lipinski definition) is 5. The highest BCUT2D eigenvalue weighted by atomic mass is 35.5. The summed E-state index contributed by atoms with van der Waals surface area (Å²) in [5.74, 6) is 1.54. The molecule has 3 N–H and O–H groups in total. The molecule has 6 nitrogen and oxygen atoms in total. The van der Waals surface area contributed by atoms with Gasteiger partial charge in [-0.05, 0) is 79.7 Å². The van der Waals surface area contributed by atoms with E-state index in [0.717, 1.165) is 68.6 Å². The number of nitrogens with zero attached hydrogens (tertiary/aromatic N) is 1. The van der Waals surface area contributed by atoms with Crippen molar-refractivity contribution in [3.63, 3.8) is 0 Å². The summed E-state index contributed by atoms with van der Waals surface area (Å²) in [5, 5.41) is 4.45. The number of nitrogens with two attached hydrogens (primary N) is 1. The molecule has 1 heterocycles. The van der Waals surface area contributed by atoms with Gasteiger partial charge in [0.25, 0.3) is 0 Å². The summed E-state index contributed by atoms with van der Waals surface area (Å²) in [7, 11) is 3.24. The number of benzene rings is 2. The van der Waals surface area contributed by atoms with Gasteiger partial charge < -0.3 is 25.4 Å². The second-order valence-corrected chi connectivity index (χ2v) is 8.78. The minimum absolute atomic E-state index is 0.160. The molecule has 8 heteroatoms. The van der Waals surface area contributed by atoms with Crippen LogP contribution in [-0.4, -0.2) is 51.2 Å². The minimum atomic E-state index is 0.160. The van der Waals surface area contributed by atoms with Gasteiger partial charge in [0.1, 0.15) is 0 Å². The standard InChI is InChI=1S/C24H31Cl2N3O3/c1-31-21-13-17-6-10-29(23(30)15-18(17)14-22(21)32-2)9-4-8-28-7-3-5-16-11-19(25)24(27)20(26)12-16/h11-14,28H,3-10,15,27H2,1-2H3. The Balaban J connectivity index is 1.39. The molecule has 1 aliphatic heterocycles. The van der Waals surface area contributed by atoms with Crippen LogP contribution in [0.25, 0.3) is 0 Å². The Hall–Kier alpha value is -2.15. The number of nitrogens with one attached hydrogen (secondary N) is 1. The molecule has 0 spiro atoms. The predicted octanol–water partition coefficient (Wildman–Crippen LogP) is 4.13. The Bertz CT molecular complexity index is 929. The number of hydrogen-bond donors (Lipinski definition) is 2. The molecule has 0 atom stereocenters. The van der Waals surface area contributed by atoms with Gasteiger partial charge in [0.05, 0.1) is 36.4 Å². The third-order valence-electron chi connectivity index (χ3n) is 5.79. The second kappa shape index (κ2) is 11.6. The third-order valence-corrected chi connectivity index (χ3v) is 6.42. The third kappa shape index (κ3) is 6.21. The van der Waals surface area contributed by atoms with Gasteiger partial charge in [0.2, 0.25) is 5.91 Å². The molecule has 0 radical (unpaired) electrons. The molecule has 3 rings (SSSR count). The number of nitrogen functional groups attached to an aromatic ring is 1. The molecule has 2 aromatic rings. The molecule has 0 fully saturated rings. The van der Waals surface area contributed by atoms with Gasteiger partial charge in [0.15, 0.2) is 11.5 Å². The fourth-order valence-corrected chi connectivity index (χ4v) is 4.50. The van der Waals surface area contributed by atoms with Crippen LogP contribution in [0, 0.1) is 0 Å². The van der Waals surface area contributed by atoms with Gasteiger partial charge in [-0.2, -0.15) is 0 Å². The fourth-order valence-electron chi connectivity index (χ4n) is 3.97. The van der Waals surface area contributed by atoms with Crippen LogP contribution in [0.4, 0.5) is 5.69 Å². The van der Waals surface area contributed by atoms with E-state index in [1.54, 1.807) is 14.2 Å². The van der Waals surface area contributed by atoms with Crippen LogP contribution in [0.2, 0.25) is 10.0 Å². The Labute approximate surface area is 200 Å². The van der Waals surface area contributed by atoms with Crippen molar-refractivity contribution in [3.8, 4) is 11.5 Å². The van der Waals surface area contributed by atoms with E-state index in [0.29, 0.717) is 33.7 Å². The van der Waals surface area contributed by atoms with E-state index >= 15 is 0 Å². The van der Waals surface area contributed by atoms with Crippen molar-refractivity contribution in [1.29, 1.82) is 0 Å². The first-order valence-electron chi connectivity index (χ1n) is 10.9. The van der Waals surface area contributed by atoms with Gasteiger partial charge in [-0.15, -0.1) is 0 Å². The van der Waals surface area contributed by atoms with Gasteiger partial charge >= 0.3 is 0 Å². The lowest BCUT2D eigenvalue weighted by molar-refractivity contribution is -0.130. The number of carbonyl (C=O) groups is 1. The summed E-state index contributed by atoms with van der Waals surface area (Å²) in [6, 6.07) is 7.67. The fraction of sp³-hybridized carbons (Fsp3) is 0.458. The Kier molecular flexibility index (Phi) is 8.91. The van der Waals surface area contributed by atoms with Crippen LogP contribution in [0.5, 0.6) is 11.5 Å². The van der Waals surface area contributed by atoms with Crippen LogP contribution in [0.3, 0.4) is 0 Å². The van der Waals surface area contributed by atoms with Crippen LogP contribution < -0.4 is 20.5 Å². The zero-order chi connectivity index (χ0) is 23.1. The van der Waals surface area contributed by atoms with E-state index in [-0.39, 0.29) is 5.91 Å². The molecule has 1 amide bonds. The number of amides is 1. The summed E-state index contributed by atoms with van der Waals surface area (Å²) in [6.07, 6.45) is 3.98. The number of aryl methyl sites for hydroxylation is 1. The molecule has 0 bridgehead atoms. The maximum absolute atomic E-state index is 12.7. The summed E-state index contributed by atoms with van der Waals surface area (Å²) in [4.78, 5) is 14.7. The number of carbonyl (C=O) groups excluding carboxylic acids is 1. The summed E-state index contributed by atoms with van der Waals surface area (Å²) in [5.41, 5.74) is 9.47. The second-order valence-electron chi connectivity index (χ2n) is 7.96. The SMILES string of the molecule is COc1cc2c(cc1OC)CC(=O)N(CCCNCCCc1cc(Cl)c(N)c(Cl)c1)CC2. The van der Waals surface area contributed by atoms with Crippen LogP contribution >= 0.6 is 23.2 Å². The Morgan fingerprint density at radius 3 is 2.28 bits per heavy atom. The molecular formula is C24H31Cl2N3O3. The molecular weight excluding hydrogens is 449 g/mol. The van der Waals surface area contributed by atoms with E-state index in [1.807, 2.05) is 29.2 Å². The lowest BCUT2D eigenvalue weighted by atomic mass is 10.0. The molecule has 0 saturated carbocycles. The highest BCUT2D eigenvalue weighted by molar-refractivity contribution is 6.38. The average Bonchev–Trinajstić information content (AvgIpc) is 2.93. The number of ether oxygens (including phenoxy) is 2. The largest absolute Gasteiger partial charge is 0.493 e. The zero-order valence-electron chi connectivity index (χ0n) is 18.7. The van der Waals surface area contributed by atoms with Crippen molar-refractivity contribution in [1.82, 2.24) is 10.2 Å². The zero-order valence-corrected chi connectivity index (χ0v) is 20.2. The van der Waals surface area contributed by atoms with Crippen molar-refractivity contribution in [2.45, 2.75) is 32.1 Å². The quantitative estimate of drug-likeness (QED) is 0.395. The Morgan fingerprint density at radius 2 is 1.62 bits per heavy atom. The summed E-state index contributed by atoms with van der Waals surface area (Å²) in [6.45, 7) is 3.22. The van der Waals surface area contributed by atoms with E-state index in [2.05, 4.69) is 5.32 Å². The lowest BCUT2D eigenvalue weighted by Gasteiger charge is -2.20. The van der Waals surface area contributed by atoms with Crippen molar-refractivity contribution in [2.24, 2.45) is 0 Å². The van der Waals surface area contributed by atoms with Gasteiger partial charge in [-0.25, -0.2) is 0 Å². The topological polar surface area (TPSA) is 76.8 Å². The average molecular weight is 480 g/mol. The first-order valence-corrected chi connectivity index (χ1v) is 11.6. The van der Waals surface area contributed by atoms with E-state index < -0.39 is 0 Å². The summed E-state index contributed by atoms with van der Waals surface area (Å²) >= 11 is 12.2. The van der Waals surface area contributed by atoms with Crippen molar-refractivity contribution >= 4 is 34.8 Å². The minimum Gasteiger partial charge on any atom is -0.493 e. The first kappa shape index (κ1) is 24.5. The number of anilines is 1. The Morgan fingerprint density at radius 1 is 1.00 bits per heavy atom. The van der Waals surface area contributed by atoms with Crippen LogP contribution in [-0.2, 0) is 24.1 Å². The number of fused-ring (bicyclic) bond motifs is 1. The molecule has 0 aliphatic carbocycles. The van der Waals surface area contributed by atoms with E-state index in [4.69, 9.17) is 38.4 Å². The van der Waals surface area contributed by atoms with Gasteiger partial charge in [-0.3, -0.25) is 4.79 Å². The van der Waals surface area contributed by atoms with Crippen LogP contribution in [0.1, 0.15) is 29.5 Å². The molecule has 1 aliphatic rings. The lowest BCUT2D eigenvalue weighted by Crippen LogP contribution is -2.34. The predicted molar refractivity (Wildman–Crippen MR) is 130 cm³/mol. The molecule has 2 aromatic carbocycles. The summed E-state index contributed by atoms with van der Waals surface area (Å²) < 4.78 is 10.8. The van der Waals surface area contributed by atoms with Crippen LogP contribution in [0.15, 0.2) is 24.3 Å². The molecule has 174 valence electrons. The van der Waals surface area contributed by atoms with Crippen molar-refractivity contribution in [2.75, 3.05) is 46.1 Å². The molecule has 0 saturated heterocycles. The van der Waals surface area contributed by atoms with E-state index in [1.165, 1.54) is 0 Å². The molecule has 0 aromatic heterocycles. The van der Waals surface area contributed by atoms with Gasteiger partial charge in [0, 0.05) is 13.1 Å². The maximum atomic E-state index is 12.7. The normalized spacial score (nSPS) is 13.6. The molecule has 0 unspecified atom stereocenters. The van der Waals surface area contributed by atoms with E-state index in [9.17, 15) is 4.79 Å². The van der Waals surface area contributed by atoms with Gasteiger partial charge in [-0.1, -0.05) is 23.2 Å². The van der Waals surface area contributed by atoms with Crippen molar-refractivity contribution < 1.29 is 14.3 Å². The highest BCUT2D eigenvalue weighted by Gasteiger charge is 2.22. The smallest absolute Gasteiger partial charge is 0.227 e. The highest BCUT2D eigenvalue weighted by Crippen LogP contribution is 2.32. The monoisotopic (exact) mass is 479 g/mol. The maximum Gasteiger partial charge on any atom is 0.227 e. The molecule has 32 heavy (non-hydrogen) atoms. The number of rotatable bonds is 10. The first-order chi connectivity index (χ1) is 15.4. The van der Waals surface area contributed by atoms with Crippen molar-refractivity contribution in [3.05, 3.63) is 51.0 Å². The number of methoxy groups -OCH3 is 2.